The van der Waals surface area contributed by atoms with E-state index in [1.54, 1.807) is 0 Å². The van der Waals surface area contributed by atoms with Gasteiger partial charge in [-0.1, -0.05) is 81.4 Å². The van der Waals surface area contributed by atoms with E-state index in [1.807, 2.05) is 13.8 Å². The van der Waals surface area contributed by atoms with Crippen LogP contribution in [0.3, 0.4) is 0 Å². The molecule has 2 aliphatic rings. The fourth-order valence-electron chi connectivity index (χ4n) is 4.53. The molecule has 0 spiro atoms. The van der Waals surface area contributed by atoms with Crippen LogP contribution in [0.2, 0.25) is 5.04 Å². The summed E-state index contributed by atoms with van der Waals surface area (Å²) in [6, 6.07) is 21.5. The Morgan fingerprint density at radius 1 is 0.893 bits per heavy atom. The minimum Gasteiger partial charge on any atom is -0.537 e. The van der Waals surface area contributed by atoms with Crippen molar-refractivity contribution in [2.75, 3.05) is 0 Å². The van der Waals surface area contributed by atoms with Crippen molar-refractivity contribution in [3.63, 3.8) is 0 Å². The molecule has 1 saturated heterocycles. The average Bonchev–Trinajstić information content (AvgIpc) is 3.12. The van der Waals surface area contributed by atoms with Crippen molar-refractivity contribution in [1.82, 2.24) is 0 Å². The van der Waals surface area contributed by atoms with Crippen molar-refractivity contribution in [1.29, 1.82) is 0 Å². The van der Waals surface area contributed by atoms with Gasteiger partial charge >= 0.3 is 8.32 Å². The van der Waals surface area contributed by atoms with Crippen LogP contribution >= 0.6 is 0 Å². The van der Waals surface area contributed by atoms with Crippen molar-refractivity contribution in [3.05, 3.63) is 72.5 Å². The zero-order valence-electron chi connectivity index (χ0n) is 17.4. The molecule has 3 nitrogen and oxygen atoms in total. The standard InChI is InChI=1S/C24H30O3Si/c1-23(2,3)28(19-12-8-6-9-13-19,20-14-10-7-11-15-20)27-18-16-21-22(17-18)26-24(4,5)25-21/h6-16,21-22H,17H2,1-5H3/t21-,22-/m1/s1. The summed E-state index contributed by atoms with van der Waals surface area (Å²) < 4.78 is 19.2. The number of ether oxygens (including phenoxy) is 2. The van der Waals surface area contributed by atoms with Gasteiger partial charge in [-0.15, -0.1) is 0 Å². The van der Waals surface area contributed by atoms with Gasteiger partial charge in [0.25, 0.3) is 0 Å². The fourth-order valence-corrected chi connectivity index (χ4v) is 9.01. The van der Waals surface area contributed by atoms with E-state index in [4.69, 9.17) is 13.9 Å². The Balaban J connectivity index is 1.79. The molecule has 2 aromatic carbocycles. The third-order valence-electron chi connectivity index (χ3n) is 5.68. The lowest BCUT2D eigenvalue weighted by atomic mass is 10.2. The number of fused-ring (bicyclic) bond motifs is 1. The van der Waals surface area contributed by atoms with Crippen molar-refractivity contribution >= 4 is 18.7 Å². The van der Waals surface area contributed by atoms with E-state index in [2.05, 4.69) is 87.5 Å². The van der Waals surface area contributed by atoms with Crippen molar-refractivity contribution in [2.24, 2.45) is 0 Å². The lowest BCUT2D eigenvalue weighted by molar-refractivity contribution is -0.144. The fraction of sp³-hybridized carbons (Fsp3) is 0.417. The van der Waals surface area contributed by atoms with E-state index in [0.29, 0.717) is 0 Å². The van der Waals surface area contributed by atoms with Gasteiger partial charge in [0.1, 0.15) is 6.10 Å². The van der Waals surface area contributed by atoms with E-state index in [1.165, 1.54) is 10.4 Å². The highest BCUT2D eigenvalue weighted by Gasteiger charge is 2.54. The van der Waals surface area contributed by atoms with E-state index < -0.39 is 14.1 Å². The molecule has 0 bridgehead atoms. The predicted octanol–water partition coefficient (Wildman–Crippen LogP) is 4.37. The first kappa shape index (κ1) is 19.4. The Morgan fingerprint density at radius 2 is 1.43 bits per heavy atom. The normalized spacial score (nSPS) is 24.0. The molecule has 0 N–H and O–H groups in total. The molecule has 1 heterocycles. The molecule has 148 valence electrons. The topological polar surface area (TPSA) is 27.7 Å². The van der Waals surface area contributed by atoms with Crippen molar-refractivity contribution in [2.45, 2.75) is 64.1 Å². The van der Waals surface area contributed by atoms with Gasteiger partial charge in [-0.05, 0) is 35.3 Å². The van der Waals surface area contributed by atoms with Gasteiger partial charge in [0.15, 0.2) is 5.79 Å². The van der Waals surface area contributed by atoms with E-state index in [9.17, 15) is 0 Å². The number of hydrogen-bond acceptors (Lipinski definition) is 3. The summed E-state index contributed by atoms with van der Waals surface area (Å²) in [5.41, 5.74) is 0. The van der Waals surface area contributed by atoms with Crippen LogP contribution < -0.4 is 10.4 Å². The van der Waals surface area contributed by atoms with E-state index in [-0.39, 0.29) is 17.2 Å². The smallest absolute Gasteiger partial charge is 0.319 e. The Bertz CT molecular complexity index is 813. The molecule has 1 aliphatic carbocycles. The second kappa shape index (κ2) is 6.87. The summed E-state index contributed by atoms with van der Waals surface area (Å²) in [5, 5.41) is 2.53. The summed E-state index contributed by atoms with van der Waals surface area (Å²) in [4.78, 5) is 0. The van der Waals surface area contributed by atoms with Crippen LogP contribution in [-0.4, -0.2) is 26.3 Å². The molecule has 1 aliphatic heterocycles. The Labute approximate surface area is 169 Å². The molecule has 2 aromatic rings. The Kier molecular flexibility index (Phi) is 4.77. The lowest BCUT2D eigenvalue weighted by Crippen LogP contribution is -2.66. The molecular weight excluding hydrogens is 364 g/mol. The molecule has 0 radical (unpaired) electrons. The maximum atomic E-state index is 7.08. The van der Waals surface area contributed by atoms with Crippen LogP contribution in [0.1, 0.15) is 41.0 Å². The summed E-state index contributed by atoms with van der Waals surface area (Å²) in [6.07, 6.45) is 2.92. The third-order valence-corrected chi connectivity index (χ3v) is 10.6. The van der Waals surface area contributed by atoms with Crippen LogP contribution in [0.4, 0.5) is 0 Å². The Hall–Kier alpha value is -1.88. The van der Waals surface area contributed by atoms with Gasteiger partial charge in [0, 0.05) is 6.42 Å². The quantitative estimate of drug-likeness (QED) is 0.721. The number of rotatable bonds is 4. The zero-order valence-corrected chi connectivity index (χ0v) is 18.4. The molecule has 0 amide bonds. The molecule has 0 unspecified atom stereocenters. The van der Waals surface area contributed by atoms with Crippen LogP contribution in [0.5, 0.6) is 0 Å². The summed E-state index contributed by atoms with van der Waals surface area (Å²) >= 11 is 0. The molecular formula is C24H30O3Si. The average molecular weight is 395 g/mol. The van der Waals surface area contributed by atoms with Crippen LogP contribution in [-0.2, 0) is 13.9 Å². The van der Waals surface area contributed by atoms with Crippen molar-refractivity contribution in [3.8, 4) is 0 Å². The first-order valence-electron chi connectivity index (χ1n) is 10.1. The van der Waals surface area contributed by atoms with Gasteiger partial charge in [-0.25, -0.2) is 0 Å². The van der Waals surface area contributed by atoms with Gasteiger partial charge in [0.2, 0.25) is 0 Å². The minimum atomic E-state index is -2.58. The first-order valence-corrected chi connectivity index (χ1v) is 12.0. The summed E-state index contributed by atoms with van der Waals surface area (Å²) in [5.74, 6) is 0.481. The van der Waals surface area contributed by atoms with Crippen LogP contribution in [0.15, 0.2) is 72.5 Å². The van der Waals surface area contributed by atoms with Gasteiger partial charge in [-0.2, -0.15) is 0 Å². The van der Waals surface area contributed by atoms with Crippen LogP contribution in [0, 0.1) is 0 Å². The molecule has 4 heteroatoms. The summed E-state index contributed by atoms with van der Waals surface area (Å²) in [7, 11) is -2.58. The van der Waals surface area contributed by atoms with E-state index in [0.717, 1.165) is 12.2 Å². The highest BCUT2D eigenvalue weighted by molar-refractivity contribution is 6.99. The minimum absolute atomic E-state index is 0.0248. The number of hydrogen-bond donors (Lipinski definition) is 0. The second-order valence-corrected chi connectivity index (χ2v) is 13.5. The highest BCUT2D eigenvalue weighted by Crippen LogP contribution is 2.42. The molecule has 1 fully saturated rings. The molecule has 2 atom stereocenters. The molecule has 28 heavy (non-hydrogen) atoms. The molecule has 4 rings (SSSR count). The van der Waals surface area contributed by atoms with E-state index >= 15 is 0 Å². The monoisotopic (exact) mass is 394 g/mol. The van der Waals surface area contributed by atoms with Crippen LogP contribution in [0.25, 0.3) is 0 Å². The number of benzene rings is 2. The van der Waals surface area contributed by atoms with Gasteiger partial charge < -0.3 is 13.9 Å². The second-order valence-electron chi connectivity index (χ2n) is 9.24. The largest absolute Gasteiger partial charge is 0.537 e. The third kappa shape index (κ3) is 3.34. The Morgan fingerprint density at radius 3 is 1.89 bits per heavy atom. The predicted molar refractivity (Wildman–Crippen MR) is 115 cm³/mol. The first-order chi connectivity index (χ1) is 13.2. The molecule has 0 aromatic heterocycles. The highest BCUT2D eigenvalue weighted by atomic mass is 28.4. The maximum Gasteiger partial charge on any atom is 0.319 e. The SMILES string of the molecule is CC1(C)O[C@@H]2C=C(O[Si](c3ccccc3)(c3ccccc3)C(C)(C)C)C[C@H]2O1. The van der Waals surface area contributed by atoms with Gasteiger partial charge in [-0.3, -0.25) is 0 Å². The molecule has 0 saturated carbocycles. The lowest BCUT2D eigenvalue weighted by Gasteiger charge is -2.43. The maximum absolute atomic E-state index is 7.08. The summed E-state index contributed by atoms with van der Waals surface area (Å²) in [6.45, 7) is 10.8. The van der Waals surface area contributed by atoms with Crippen molar-refractivity contribution < 1.29 is 13.9 Å². The zero-order chi connectivity index (χ0) is 20.0. The van der Waals surface area contributed by atoms with Gasteiger partial charge in [0.05, 0.1) is 11.9 Å².